The van der Waals surface area contributed by atoms with E-state index in [1.807, 2.05) is 44.4 Å². The number of carbonyl (C=O) groups is 1. The van der Waals surface area contributed by atoms with E-state index >= 15 is 0 Å². The monoisotopic (exact) mass is 647 g/mol. The van der Waals surface area contributed by atoms with Gasteiger partial charge in [-0.2, -0.15) is 0 Å². The Morgan fingerprint density at radius 3 is 2.33 bits per heavy atom. The van der Waals surface area contributed by atoms with Crippen molar-refractivity contribution in [2.24, 2.45) is 5.16 Å². The van der Waals surface area contributed by atoms with Crippen molar-refractivity contribution >= 4 is 59.4 Å². The second-order valence-corrected chi connectivity index (χ2v) is 10.2. The topological polar surface area (TPSA) is 83.4 Å². The van der Waals surface area contributed by atoms with E-state index < -0.39 is 5.91 Å². The van der Waals surface area contributed by atoms with Crippen LogP contribution >= 0.6 is 47.8 Å². The van der Waals surface area contributed by atoms with Crippen molar-refractivity contribution < 1.29 is 19.5 Å². The van der Waals surface area contributed by atoms with Crippen molar-refractivity contribution in [3.63, 3.8) is 0 Å². The van der Waals surface area contributed by atoms with Gasteiger partial charge in [-0.3, -0.25) is 4.79 Å². The third kappa shape index (κ3) is 8.92. The molecule has 2 rings (SSSR count). The number of hydrogen-bond donors (Lipinski definition) is 2. The zero-order chi connectivity index (χ0) is 24.4. The van der Waals surface area contributed by atoms with Gasteiger partial charge in [0.15, 0.2) is 0 Å². The highest BCUT2D eigenvalue weighted by atomic mass is 79.9. The van der Waals surface area contributed by atoms with Crippen LogP contribution in [0.3, 0.4) is 0 Å². The summed E-state index contributed by atoms with van der Waals surface area (Å²) in [6, 6.07) is 9.54. The van der Waals surface area contributed by atoms with Gasteiger partial charge in [0.25, 0.3) is 5.91 Å². The number of ether oxygens (including phenoxy) is 2. The Morgan fingerprint density at radius 2 is 1.76 bits per heavy atom. The van der Waals surface area contributed by atoms with E-state index in [-0.39, 0.29) is 12.1 Å². The number of carbonyl (C=O) groups excluding carboxylic acids is 1. The second-order valence-electron chi connectivity index (χ2n) is 7.59. The molecule has 180 valence electrons. The van der Waals surface area contributed by atoms with Crippen molar-refractivity contribution in [3.8, 4) is 11.5 Å². The molecule has 0 aliphatic heterocycles. The lowest BCUT2D eigenvalue weighted by Gasteiger charge is -2.12. The standard InChI is InChI=1S/C23H28Br3N3O4/c1-29(2)9-4-10-33-21-6-5-15(11-17(21)24)7-8-27-23(30)20(28-31)14-16-12-18(25)22(32-3)19(26)13-16/h5-6,11-13,31H,4,7-10,14H2,1-3H3,(H,27,30)/b28-20-. The summed E-state index contributed by atoms with van der Waals surface area (Å²) in [5.41, 5.74) is 1.87. The lowest BCUT2D eigenvalue weighted by molar-refractivity contribution is -0.115. The Morgan fingerprint density at radius 1 is 1.09 bits per heavy atom. The molecule has 0 spiro atoms. The largest absolute Gasteiger partial charge is 0.494 e. The first-order valence-electron chi connectivity index (χ1n) is 10.3. The van der Waals surface area contributed by atoms with E-state index in [1.54, 1.807) is 7.11 Å². The molecule has 0 aliphatic carbocycles. The van der Waals surface area contributed by atoms with Gasteiger partial charge in [0.2, 0.25) is 0 Å². The number of benzene rings is 2. The summed E-state index contributed by atoms with van der Waals surface area (Å²) in [4.78, 5) is 14.6. The number of nitrogens with one attached hydrogen (secondary N) is 1. The average molecular weight is 650 g/mol. The molecule has 2 aromatic carbocycles. The third-order valence-electron chi connectivity index (χ3n) is 4.72. The van der Waals surface area contributed by atoms with Crippen LogP contribution in [0.5, 0.6) is 11.5 Å². The highest BCUT2D eigenvalue weighted by molar-refractivity contribution is 9.11. The van der Waals surface area contributed by atoms with Gasteiger partial charge in [-0.15, -0.1) is 0 Å². The normalized spacial score (nSPS) is 11.5. The van der Waals surface area contributed by atoms with Gasteiger partial charge in [-0.1, -0.05) is 11.2 Å². The quantitative estimate of drug-likeness (QED) is 0.146. The van der Waals surface area contributed by atoms with E-state index in [2.05, 4.69) is 63.2 Å². The minimum absolute atomic E-state index is 0.0293. The van der Waals surface area contributed by atoms with Gasteiger partial charge in [-0.05, 0) is 110 Å². The van der Waals surface area contributed by atoms with Crippen molar-refractivity contribution in [2.75, 3.05) is 40.9 Å². The molecule has 7 nitrogen and oxygen atoms in total. The van der Waals surface area contributed by atoms with Gasteiger partial charge >= 0.3 is 0 Å². The summed E-state index contributed by atoms with van der Waals surface area (Å²) >= 11 is 10.4. The van der Waals surface area contributed by atoms with Gasteiger partial charge in [0.1, 0.15) is 17.2 Å². The van der Waals surface area contributed by atoms with E-state index in [1.165, 1.54) is 0 Å². The third-order valence-corrected chi connectivity index (χ3v) is 6.52. The van der Waals surface area contributed by atoms with E-state index in [9.17, 15) is 10.0 Å². The molecule has 0 aliphatic rings. The maximum absolute atomic E-state index is 12.5. The fourth-order valence-electron chi connectivity index (χ4n) is 3.07. The molecule has 0 bridgehead atoms. The van der Waals surface area contributed by atoms with Crippen LogP contribution in [0.15, 0.2) is 48.9 Å². The Kier molecular flexibility index (Phi) is 11.7. The molecular formula is C23H28Br3N3O4. The van der Waals surface area contributed by atoms with E-state index in [0.29, 0.717) is 25.3 Å². The van der Waals surface area contributed by atoms with Gasteiger partial charge in [0, 0.05) is 19.5 Å². The molecule has 10 heteroatoms. The van der Waals surface area contributed by atoms with Crippen LogP contribution < -0.4 is 14.8 Å². The predicted octanol–water partition coefficient (Wildman–Crippen LogP) is 5.04. The smallest absolute Gasteiger partial charge is 0.269 e. The minimum Gasteiger partial charge on any atom is -0.494 e. The Hall–Kier alpha value is -1.62. The predicted molar refractivity (Wildman–Crippen MR) is 141 cm³/mol. The van der Waals surface area contributed by atoms with Gasteiger partial charge in [0.05, 0.1) is 27.1 Å². The number of methoxy groups -OCH3 is 1. The molecule has 33 heavy (non-hydrogen) atoms. The molecule has 0 radical (unpaired) electrons. The van der Waals surface area contributed by atoms with E-state index in [0.717, 1.165) is 43.3 Å². The number of amides is 1. The van der Waals surface area contributed by atoms with Crippen LogP contribution in [0, 0.1) is 0 Å². The second kappa shape index (κ2) is 13.9. The maximum Gasteiger partial charge on any atom is 0.269 e. The molecule has 0 saturated carbocycles. The molecule has 2 N–H and O–H groups in total. The van der Waals surface area contributed by atoms with Gasteiger partial charge in [-0.25, -0.2) is 0 Å². The summed E-state index contributed by atoms with van der Waals surface area (Å²) in [5, 5.41) is 15.4. The number of halogens is 3. The fourth-order valence-corrected chi connectivity index (χ4v) is 5.21. The Balaban J connectivity index is 1.86. The Labute approximate surface area is 219 Å². The van der Waals surface area contributed by atoms with Crippen LogP contribution in [0.4, 0.5) is 0 Å². The molecule has 0 heterocycles. The zero-order valence-electron chi connectivity index (χ0n) is 18.8. The average Bonchev–Trinajstić information content (AvgIpc) is 2.75. The van der Waals surface area contributed by atoms with Crippen LogP contribution in [-0.2, 0) is 17.6 Å². The lowest BCUT2D eigenvalue weighted by atomic mass is 10.1. The first-order valence-corrected chi connectivity index (χ1v) is 12.7. The van der Waals surface area contributed by atoms with Gasteiger partial charge < -0.3 is 24.9 Å². The highest BCUT2D eigenvalue weighted by Crippen LogP contribution is 2.34. The SMILES string of the molecule is COc1c(Br)cc(C/C(=N/O)C(=O)NCCc2ccc(OCCCN(C)C)c(Br)c2)cc1Br. The zero-order valence-corrected chi connectivity index (χ0v) is 23.6. The van der Waals surface area contributed by atoms with E-state index in [4.69, 9.17) is 9.47 Å². The van der Waals surface area contributed by atoms with Crippen LogP contribution in [0.25, 0.3) is 0 Å². The van der Waals surface area contributed by atoms with Crippen molar-refractivity contribution in [1.29, 1.82) is 0 Å². The lowest BCUT2D eigenvalue weighted by Crippen LogP contribution is -2.33. The van der Waals surface area contributed by atoms with Crippen LogP contribution in [-0.4, -0.2) is 62.6 Å². The summed E-state index contributed by atoms with van der Waals surface area (Å²) in [6.07, 6.45) is 1.75. The summed E-state index contributed by atoms with van der Waals surface area (Å²) in [6.45, 7) is 2.03. The molecule has 0 fully saturated rings. The number of oxime groups is 1. The minimum atomic E-state index is -0.416. The molecule has 0 atom stereocenters. The number of hydrogen-bond acceptors (Lipinski definition) is 6. The maximum atomic E-state index is 12.5. The van der Waals surface area contributed by atoms with Crippen LogP contribution in [0.2, 0.25) is 0 Å². The molecule has 2 aromatic rings. The molecule has 1 amide bonds. The molecular weight excluding hydrogens is 622 g/mol. The van der Waals surface area contributed by atoms with Crippen molar-refractivity contribution in [2.45, 2.75) is 19.3 Å². The molecule has 0 aromatic heterocycles. The number of rotatable bonds is 12. The molecule has 0 unspecified atom stereocenters. The summed E-state index contributed by atoms with van der Waals surface area (Å²) in [7, 11) is 5.65. The first kappa shape index (κ1) is 27.6. The van der Waals surface area contributed by atoms with Crippen molar-refractivity contribution in [1.82, 2.24) is 10.2 Å². The first-order chi connectivity index (χ1) is 15.7. The molecule has 0 saturated heterocycles. The highest BCUT2D eigenvalue weighted by Gasteiger charge is 2.15. The summed E-state index contributed by atoms with van der Waals surface area (Å²) < 4.78 is 13.5. The number of nitrogens with zero attached hydrogens (tertiary/aromatic N) is 2. The van der Waals surface area contributed by atoms with Crippen LogP contribution in [0.1, 0.15) is 17.5 Å². The summed E-state index contributed by atoms with van der Waals surface area (Å²) in [5.74, 6) is 1.04. The Bertz CT molecular complexity index is 960. The van der Waals surface area contributed by atoms with Crippen molar-refractivity contribution in [3.05, 3.63) is 54.9 Å². The fraction of sp³-hybridized carbons (Fsp3) is 0.391.